The standard InChI is InChI=1S/C21H19NO6/c1-28-14-4-2-3-11-15(14)21(27)17-16(19(11)25)20(26)12-7-9(13(22)8-23)5-6-10(12)18(17)24/h2-4,9,22-24,26H,5-8H2,1H3. The van der Waals surface area contributed by atoms with Crippen LogP contribution < -0.4 is 4.74 Å². The van der Waals surface area contributed by atoms with E-state index in [4.69, 9.17) is 10.1 Å². The van der Waals surface area contributed by atoms with Crippen LogP contribution in [0.2, 0.25) is 0 Å². The van der Waals surface area contributed by atoms with Crippen molar-refractivity contribution < 1.29 is 29.6 Å². The maximum Gasteiger partial charge on any atom is 0.202 e. The largest absolute Gasteiger partial charge is 0.507 e. The first-order valence-electron chi connectivity index (χ1n) is 8.94. The molecule has 0 amide bonds. The molecule has 0 saturated heterocycles. The Morgan fingerprint density at radius 1 is 1.11 bits per heavy atom. The van der Waals surface area contributed by atoms with Crippen molar-refractivity contribution in [3.63, 3.8) is 0 Å². The zero-order valence-corrected chi connectivity index (χ0v) is 15.2. The summed E-state index contributed by atoms with van der Waals surface area (Å²) >= 11 is 0. The fraction of sp³-hybridized carbons (Fsp3) is 0.286. The van der Waals surface area contributed by atoms with Crippen molar-refractivity contribution in [2.24, 2.45) is 5.92 Å². The first-order chi connectivity index (χ1) is 13.4. The number of nitrogens with one attached hydrogen (secondary N) is 1. The lowest BCUT2D eigenvalue weighted by molar-refractivity contribution is 0.0971. The van der Waals surface area contributed by atoms with Gasteiger partial charge < -0.3 is 25.5 Å². The molecule has 2 aromatic carbocycles. The number of aliphatic hydroxyl groups is 1. The van der Waals surface area contributed by atoms with Crippen LogP contribution in [0.1, 0.15) is 49.4 Å². The molecule has 7 heteroatoms. The van der Waals surface area contributed by atoms with E-state index in [9.17, 15) is 24.9 Å². The monoisotopic (exact) mass is 381 g/mol. The molecule has 4 rings (SSSR count). The summed E-state index contributed by atoms with van der Waals surface area (Å²) in [5, 5.41) is 38.8. The van der Waals surface area contributed by atoms with Crippen molar-refractivity contribution in [3.05, 3.63) is 51.6 Å². The number of hydrogen-bond donors (Lipinski definition) is 4. The van der Waals surface area contributed by atoms with Crippen molar-refractivity contribution in [1.82, 2.24) is 0 Å². The summed E-state index contributed by atoms with van der Waals surface area (Å²) in [6.07, 6.45) is 1.05. The van der Waals surface area contributed by atoms with Gasteiger partial charge in [-0.3, -0.25) is 9.59 Å². The number of methoxy groups -OCH3 is 1. The lowest BCUT2D eigenvalue weighted by atomic mass is 9.74. The average Bonchev–Trinajstić information content (AvgIpc) is 2.72. The van der Waals surface area contributed by atoms with Crippen molar-refractivity contribution in [2.75, 3.05) is 13.7 Å². The van der Waals surface area contributed by atoms with Crippen LogP contribution in [0.4, 0.5) is 0 Å². The number of phenols is 2. The molecule has 0 aliphatic heterocycles. The van der Waals surface area contributed by atoms with Gasteiger partial charge in [0.05, 0.1) is 30.4 Å². The Bertz CT molecular complexity index is 1060. The minimum Gasteiger partial charge on any atom is -0.507 e. The minimum absolute atomic E-state index is 0.0768. The molecule has 0 radical (unpaired) electrons. The fourth-order valence-corrected chi connectivity index (χ4v) is 4.23. The molecule has 0 heterocycles. The zero-order chi connectivity index (χ0) is 20.2. The average molecular weight is 381 g/mol. The maximum absolute atomic E-state index is 13.1. The van der Waals surface area contributed by atoms with Crippen LogP contribution in [-0.4, -0.2) is 46.3 Å². The van der Waals surface area contributed by atoms with E-state index in [0.717, 1.165) is 0 Å². The van der Waals surface area contributed by atoms with E-state index < -0.39 is 11.6 Å². The van der Waals surface area contributed by atoms with Crippen LogP contribution in [0.25, 0.3) is 0 Å². The fourth-order valence-electron chi connectivity index (χ4n) is 4.23. The van der Waals surface area contributed by atoms with Crippen LogP contribution in [-0.2, 0) is 12.8 Å². The molecule has 28 heavy (non-hydrogen) atoms. The van der Waals surface area contributed by atoms with Gasteiger partial charge in [0, 0.05) is 28.3 Å². The normalized spacial score (nSPS) is 17.6. The lowest BCUT2D eigenvalue weighted by Gasteiger charge is -2.30. The van der Waals surface area contributed by atoms with Gasteiger partial charge in [-0.15, -0.1) is 0 Å². The predicted octanol–water partition coefficient (Wildman–Crippen LogP) is 2.00. The molecule has 2 aromatic rings. The van der Waals surface area contributed by atoms with E-state index in [1.165, 1.54) is 13.2 Å². The SMILES string of the molecule is COc1cccc2c1C(=O)c1c(O)c3c(c(O)c1C2=O)CC(C(=N)CO)CC3. The van der Waals surface area contributed by atoms with E-state index in [2.05, 4.69) is 0 Å². The molecule has 2 aliphatic rings. The molecular formula is C21H19NO6. The Kier molecular flexibility index (Phi) is 4.19. The highest BCUT2D eigenvalue weighted by molar-refractivity contribution is 6.31. The summed E-state index contributed by atoms with van der Waals surface area (Å²) in [5.74, 6) is -1.81. The Morgan fingerprint density at radius 3 is 2.46 bits per heavy atom. The Morgan fingerprint density at radius 2 is 1.79 bits per heavy atom. The van der Waals surface area contributed by atoms with Crippen molar-refractivity contribution >= 4 is 17.3 Å². The summed E-state index contributed by atoms with van der Waals surface area (Å²) in [4.78, 5) is 26.2. The van der Waals surface area contributed by atoms with Gasteiger partial charge in [0.25, 0.3) is 0 Å². The molecule has 1 atom stereocenters. The number of hydrogen-bond acceptors (Lipinski definition) is 7. The maximum atomic E-state index is 13.1. The van der Waals surface area contributed by atoms with Gasteiger partial charge in [0.1, 0.15) is 17.2 Å². The third-order valence-corrected chi connectivity index (χ3v) is 5.69. The summed E-state index contributed by atoms with van der Waals surface area (Å²) in [6, 6.07) is 4.64. The number of carbonyl (C=O) groups is 2. The van der Waals surface area contributed by atoms with Gasteiger partial charge >= 0.3 is 0 Å². The number of ketones is 2. The summed E-state index contributed by atoms with van der Waals surface area (Å²) in [6.45, 7) is -0.387. The molecule has 1 unspecified atom stereocenters. The summed E-state index contributed by atoms with van der Waals surface area (Å²) in [5.41, 5.74) is 0.692. The molecule has 0 fully saturated rings. The number of ether oxygens (including phenoxy) is 1. The van der Waals surface area contributed by atoms with E-state index in [0.29, 0.717) is 24.0 Å². The number of fused-ring (bicyclic) bond motifs is 3. The number of rotatable bonds is 3. The molecule has 7 nitrogen and oxygen atoms in total. The molecule has 2 aliphatic carbocycles. The van der Waals surface area contributed by atoms with Gasteiger partial charge in [-0.05, 0) is 25.3 Å². The summed E-state index contributed by atoms with van der Waals surface area (Å²) in [7, 11) is 1.39. The number of aromatic hydroxyl groups is 2. The molecule has 0 saturated carbocycles. The number of benzene rings is 2. The van der Waals surface area contributed by atoms with Crippen molar-refractivity contribution in [2.45, 2.75) is 19.3 Å². The highest BCUT2D eigenvalue weighted by Crippen LogP contribution is 2.47. The smallest absolute Gasteiger partial charge is 0.202 e. The van der Waals surface area contributed by atoms with Gasteiger partial charge in [-0.2, -0.15) is 0 Å². The van der Waals surface area contributed by atoms with Gasteiger partial charge in [0.2, 0.25) is 5.78 Å². The van der Waals surface area contributed by atoms with Crippen LogP contribution in [0, 0.1) is 11.3 Å². The summed E-state index contributed by atoms with van der Waals surface area (Å²) < 4.78 is 5.22. The first kappa shape index (κ1) is 18.2. The Hall–Kier alpha value is -3.19. The highest BCUT2D eigenvalue weighted by Gasteiger charge is 2.40. The molecule has 0 bridgehead atoms. The molecule has 144 valence electrons. The van der Waals surface area contributed by atoms with Crippen LogP contribution in [0.3, 0.4) is 0 Å². The van der Waals surface area contributed by atoms with Gasteiger partial charge in [-0.25, -0.2) is 0 Å². The van der Waals surface area contributed by atoms with E-state index >= 15 is 0 Å². The van der Waals surface area contributed by atoms with Crippen LogP contribution in [0.5, 0.6) is 17.2 Å². The Labute approximate surface area is 160 Å². The first-order valence-corrected chi connectivity index (χ1v) is 8.94. The lowest BCUT2D eigenvalue weighted by Crippen LogP contribution is -2.27. The molecular weight excluding hydrogens is 362 g/mol. The quantitative estimate of drug-likeness (QED) is 0.406. The topological polar surface area (TPSA) is 128 Å². The highest BCUT2D eigenvalue weighted by atomic mass is 16.5. The predicted molar refractivity (Wildman–Crippen MR) is 100.0 cm³/mol. The molecule has 0 aromatic heterocycles. The van der Waals surface area contributed by atoms with Gasteiger partial charge in [-0.1, -0.05) is 12.1 Å². The van der Waals surface area contributed by atoms with Crippen molar-refractivity contribution in [3.8, 4) is 17.2 Å². The van der Waals surface area contributed by atoms with Crippen LogP contribution in [0.15, 0.2) is 18.2 Å². The third kappa shape index (κ3) is 2.36. The molecule has 4 N–H and O–H groups in total. The van der Waals surface area contributed by atoms with E-state index in [1.54, 1.807) is 12.1 Å². The van der Waals surface area contributed by atoms with E-state index in [-0.39, 0.29) is 64.2 Å². The second kappa shape index (κ2) is 6.45. The van der Waals surface area contributed by atoms with E-state index in [1.807, 2.05) is 0 Å². The zero-order valence-electron chi connectivity index (χ0n) is 15.2. The van der Waals surface area contributed by atoms with Crippen LogP contribution >= 0.6 is 0 Å². The van der Waals surface area contributed by atoms with Gasteiger partial charge in [0.15, 0.2) is 5.78 Å². The second-order valence-electron chi connectivity index (χ2n) is 7.07. The minimum atomic E-state index is -0.567. The third-order valence-electron chi connectivity index (χ3n) is 5.69. The number of phenolic OH excluding ortho intramolecular Hbond substituents is 2. The Balaban J connectivity index is 1.95. The second-order valence-corrected chi connectivity index (χ2v) is 7.07. The van der Waals surface area contributed by atoms with Crippen molar-refractivity contribution in [1.29, 1.82) is 5.41 Å². The molecule has 0 spiro atoms. The number of aliphatic hydroxyl groups excluding tert-OH is 1. The number of carbonyl (C=O) groups excluding carboxylic acids is 2.